The Balaban J connectivity index is 1.78. The van der Waals surface area contributed by atoms with E-state index in [1.54, 1.807) is 24.1 Å². The monoisotopic (exact) mass is 295 g/mol. The van der Waals surface area contributed by atoms with Gasteiger partial charge in [-0.1, -0.05) is 12.1 Å². The molecule has 1 aromatic carbocycles. The maximum atomic E-state index is 13.7. The zero-order chi connectivity index (χ0) is 15.1. The van der Waals surface area contributed by atoms with Crippen molar-refractivity contribution in [2.75, 3.05) is 51.3 Å². The number of hydrogen-bond donors (Lipinski definition) is 1. The molecule has 0 atom stereocenters. The maximum absolute atomic E-state index is 13.7. The number of urea groups is 1. The van der Waals surface area contributed by atoms with Gasteiger partial charge < -0.3 is 19.9 Å². The number of ether oxygens (including phenoxy) is 1. The van der Waals surface area contributed by atoms with Gasteiger partial charge in [0.15, 0.2) is 0 Å². The van der Waals surface area contributed by atoms with Gasteiger partial charge in [-0.05, 0) is 18.6 Å². The molecule has 0 radical (unpaired) electrons. The summed E-state index contributed by atoms with van der Waals surface area (Å²) in [6.45, 7) is 3.75. The fourth-order valence-corrected chi connectivity index (χ4v) is 2.38. The summed E-state index contributed by atoms with van der Waals surface area (Å²) in [5, 5.41) is 2.87. The highest BCUT2D eigenvalue weighted by molar-refractivity contribution is 5.74. The summed E-state index contributed by atoms with van der Waals surface area (Å²) in [5.74, 6) is -0.213. The smallest absolute Gasteiger partial charge is 0.317 e. The van der Waals surface area contributed by atoms with Gasteiger partial charge >= 0.3 is 6.03 Å². The van der Waals surface area contributed by atoms with E-state index in [2.05, 4.69) is 5.32 Å². The number of para-hydroxylation sites is 1. The molecule has 1 fully saturated rings. The van der Waals surface area contributed by atoms with E-state index >= 15 is 0 Å². The normalized spacial score (nSPS) is 15.1. The second-order valence-corrected chi connectivity index (χ2v) is 5.00. The van der Waals surface area contributed by atoms with Gasteiger partial charge in [-0.2, -0.15) is 0 Å². The Kier molecular flexibility index (Phi) is 5.80. The number of carbonyl (C=O) groups excluding carboxylic acids is 1. The van der Waals surface area contributed by atoms with E-state index in [1.165, 1.54) is 6.07 Å². The van der Waals surface area contributed by atoms with Crippen LogP contribution in [-0.4, -0.2) is 57.4 Å². The third-order valence-corrected chi connectivity index (χ3v) is 3.56. The van der Waals surface area contributed by atoms with Gasteiger partial charge in [0.05, 0.1) is 5.69 Å². The highest BCUT2D eigenvalue weighted by Crippen LogP contribution is 2.19. The molecular weight excluding hydrogens is 273 g/mol. The Hall–Kier alpha value is -1.82. The lowest BCUT2D eigenvalue weighted by Crippen LogP contribution is -2.52. The molecule has 1 aliphatic rings. The van der Waals surface area contributed by atoms with Crippen LogP contribution in [0.5, 0.6) is 0 Å². The average molecular weight is 295 g/mol. The van der Waals surface area contributed by atoms with Crippen LogP contribution >= 0.6 is 0 Å². The number of anilines is 1. The Morgan fingerprint density at radius 3 is 2.67 bits per heavy atom. The van der Waals surface area contributed by atoms with Crippen molar-refractivity contribution < 1.29 is 13.9 Å². The number of halogens is 1. The van der Waals surface area contributed by atoms with Gasteiger partial charge in [-0.25, -0.2) is 9.18 Å². The van der Waals surface area contributed by atoms with Crippen molar-refractivity contribution >= 4 is 11.7 Å². The fraction of sp³-hybridized carbons (Fsp3) is 0.533. The minimum Gasteiger partial charge on any atom is -0.385 e. The summed E-state index contributed by atoms with van der Waals surface area (Å²) in [7, 11) is 1.64. The highest BCUT2D eigenvalue weighted by atomic mass is 19.1. The quantitative estimate of drug-likeness (QED) is 0.841. The van der Waals surface area contributed by atoms with E-state index in [0.717, 1.165) is 6.42 Å². The lowest BCUT2D eigenvalue weighted by Gasteiger charge is -2.36. The predicted molar refractivity (Wildman–Crippen MR) is 80.1 cm³/mol. The number of hydrogen-bond acceptors (Lipinski definition) is 3. The van der Waals surface area contributed by atoms with E-state index in [0.29, 0.717) is 45.0 Å². The van der Waals surface area contributed by atoms with Crippen molar-refractivity contribution in [2.45, 2.75) is 6.42 Å². The van der Waals surface area contributed by atoms with Gasteiger partial charge in [0.1, 0.15) is 5.82 Å². The van der Waals surface area contributed by atoms with Crippen LogP contribution in [0.4, 0.5) is 14.9 Å². The molecule has 0 saturated carbocycles. The third kappa shape index (κ3) is 4.32. The topological polar surface area (TPSA) is 44.8 Å². The van der Waals surface area contributed by atoms with Crippen molar-refractivity contribution in [3.05, 3.63) is 30.1 Å². The van der Waals surface area contributed by atoms with Gasteiger partial charge in [-0.3, -0.25) is 0 Å². The molecule has 1 heterocycles. The van der Waals surface area contributed by atoms with Crippen molar-refractivity contribution in [2.24, 2.45) is 0 Å². The first kappa shape index (κ1) is 15.6. The SMILES string of the molecule is COCCCNC(=O)N1CCN(c2ccccc2F)CC1. The van der Waals surface area contributed by atoms with Crippen LogP contribution in [-0.2, 0) is 4.74 Å². The van der Waals surface area contributed by atoms with E-state index in [-0.39, 0.29) is 11.8 Å². The number of amides is 2. The first-order valence-corrected chi connectivity index (χ1v) is 7.23. The third-order valence-electron chi connectivity index (χ3n) is 3.56. The Bertz CT molecular complexity index is 462. The molecule has 1 aromatic rings. The summed E-state index contributed by atoms with van der Waals surface area (Å²) in [6.07, 6.45) is 0.803. The Morgan fingerprint density at radius 1 is 1.29 bits per heavy atom. The van der Waals surface area contributed by atoms with Gasteiger partial charge in [-0.15, -0.1) is 0 Å². The summed E-state index contributed by atoms with van der Waals surface area (Å²) in [4.78, 5) is 15.7. The first-order chi connectivity index (χ1) is 10.2. The highest BCUT2D eigenvalue weighted by Gasteiger charge is 2.22. The number of benzene rings is 1. The lowest BCUT2D eigenvalue weighted by molar-refractivity contribution is 0.183. The summed E-state index contributed by atoms with van der Waals surface area (Å²) in [6, 6.07) is 6.69. The summed E-state index contributed by atoms with van der Waals surface area (Å²) < 4.78 is 18.7. The molecular formula is C15H22FN3O2. The Labute approximate surface area is 124 Å². The van der Waals surface area contributed by atoms with E-state index in [1.807, 2.05) is 11.0 Å². The van der Waals surface area contributed by atoms with Gasteiger partial charge in [0.25, 0.3) is 0 Å². The van der Waals surface area contributed by atoms with Crippen LogP contribution in [0.2, 0.25) is 0 Å². The molecule has 1 aliphatic heterocycles. The van der Waals surface area contributed by atoms with Crippen LogP contribution in [0.15, 0.2) is 24.3 Å². The van der Waals surface area contributed by atoms with Crippen molar-refractivity contribution in [1.29, 1.82) is 0 Å². The van der Waals surface area contributed by atoms with E-state index in [9.17, 15) is 9.18 Å². The van der Waals surface area contributed by atoms with Crippen molar-refractivity contribution in [1.82, 2.24) is 10.2 Å². The van der Waals surface area contributed by atoms with Crippen LogP contribution in [0.25, 0.3) is 0 Å². The fourth-order valence-electron chi connectivity index (χ4n) is 2.38. The zero-order valence-corrected chi connectivity index (χ0v) is 12.3. The van der Waals surface area contributed by atoms with Crippen molar-refractivity contribution in [3.8, 4) is 0 Å². The molecule has 0 bridgehead atoms. The molecule has 2 amide bonds. The number of nitrogens with zero attached hydrogens (tertiary/aromatic N) is 2. The van der Waals surface area contributed by atoms with Crippen molar-refractivity contribution in [3.63, 3.8) is 0 Å². The molecule has 0 unspecified atom stereocenters. The molecule has 116 valence electrons. The zero-order valence-electron chi connectivity index (χ0n) is 12.3. The molecule has 1 saturated heterocycles. The molecule has 5 nitrogen and oxygen atoms in total. The van der Waals surface area contributed by atoms with Crippen LogP contribution in [0.1, 0.15) is 6.42 Å². The van der Waals surface area contributed by atoms with E-state index < -0.39 is 0 Å². The minimum atomic E-state index is -0.213. The average Bonchev–Trinajstić information content (AvgIpc) is 2.52. The number of rotatable bonds is 5. The first-order valence-electron chi connectivity index (χ1n) is 7.23. The molecule has 2 rings (SSSR count). The lowest BCUT2D eigenvalue weighted by atomic mass is 10.2. The standard InChI is InChI=1S/C15H22FN3O2/c1-21-12-4-7-17-15(20)19-10-8-18(9-11-19)14-6-3-2-5-13(14)16/h2-3,5-6H,4,7-12H2,1H3,(H,17,20). The number of nitrogens with one attached hydrogen (secondary N) is 1. The van der Waals surface area contributed by atoms with Crippen LogP contribution in [0, 0.1) is 5.82 Å². The second-order valence-electron chi connectivity index (χ2n) is 5.00. The minimum absolute atomic E-state index is 0.0562. The van der Waals surface area contributed by atoms with E-state index in [4.69, 9.17) is 4.74 Å². The summed E-state index contributed by atoms with van der Waals surface area (Å²) >= 11 is 0. The molecule has 0 aromatic heterocycles. The number of methoxy groups -OCH3 is 1. The molecule has 6 heteroatoms. The van der Waals surface area contributed by atoms with Gasteiger partial charge in [0, 0.05) is 46.4 Å². The molecule has 1 N–H and O–H groups in total. The molecule has 0 aliphatic carbocycles. The molecule has 21 heavy (non-hydrogen) atoms. The number of piperazine rings is 1. The largest absolute Gasteiger partial charge is 0.385 e. The number of carbonyl (C=O) groups is 1. The van der Waals surface area contributed by atoms with Crippen LogP contribution in [0.3, 0.4) is 0 Å². The Morgan fingerprint density at radius 2 is 2.00 bits per heavy atom. The predicted octanol–water partition coefficient (Wildman–Crippen LogP) is 1.69. The summed E-state index contributed by atoms with van der Waals surface area (Å²) in [5.41, 5.74) is 0.609. The van der Waals surface area contributed by atoms with Crippen LogP contribution < -0.4 is 10.2 Å². The molecule has 0 spiro atoms. The second kappa shape index (κ2) is 7.83. The maximum Gasteiger partial charge on any atom is 0.317 e. The van der Waals surface area contributed by atoms with Gasteiger partial charge in [0.2, 0.25) is 0 Å².